The van der Waals surface area contributed by atoms with Crippen molar-refractivity contribution in [2.75, 3.05) is 0 Å². The second kappa shape index (κ2) is 7.21. The van der Waals surface area contributed by atoms with Crippen molar-refractivity contribution in [3.05, 3.63) is 47.2 Å². The molecule has 1 nitrogen and oxygen atoms in total. The van der Waals surface area contributed by atoms with Crippen LogP contribution >= 0.6 is 12.6 Å². The van der Waals surface area contributed by atoms with Gasteiger partial charge in [0, 0.05) is 17.5 Å². The van der Waals surface area contributed by atoms with Gasteiger partial charge in [-0.05, 0) is 63.2 Å². The van der Waals surface area contributed by atoms with E-state index in [1.54, 1.807) is 0 Å². The Morgan fingerprint density at radius 2 is 1.95 bits per heavy atom. The predicted octanol–water partition coefficient (Wildman–Crippen LogP) is 5.05. The maximum atomic E-state index is 4.78. The largest absolute Gasteiger partial charge is 0.387 e. The third-order valence-corrected chi connectivity index (χ3v) is 4.91. The topological polar surface area (TPSA) is 12.0 Å². The molecule has 0 spiro atoms. The van der Waals surface area contributed by atoms with E-state index >= 15 is 0 Å². The van der Waals surface area contributed by atoms with Gasteiger partial charge in [-0.1, -0.05) is 31.2 Å². The summed E-state index contributed by atoms with van der Waals surface area (Å²) < 4.78 is 0. The summed E-state index contributed by atoms with van der Waals surface area (Å²) >= 11 is 4.78. The molecule has 0 amide bonds. The first-order valence-corrected chi connectivity index (χ1v) is 7.98. The summed E-state index contributed by atoms with van der Waals surface area (Å²) in [5.74, 6) is 0.550. The van der Waals surface area contributed by atoms with E-state index in [9.17, 15) is 0 Å². The Labute approximate surface area is 130 Å². The Morgan fingerprint density at radius 1 is 1.35 bits per heavy atom. The standard InChI is InChI=1S/C18H29NS/c1-8-15-9-17(20)14(7)19-10-16(11(2)3)18(12(4)5)13(15)6/h10,14-15,17,19-20H,2,4,8-9H2,1,3,5-7H3/b16-10-,18-13-. The van der Waals surface area contributed by atoms with Gasteiger partial charge in [0.25, 0.3) is 0 Å². The Morgan fingerprint density at radius 3 is 2.40 bits per heavy atom. The fraction of sp³-hybridized carbons (Fsp3) is 0.556. The highest BCUT2D eigenvalue weighted by Crippen LogP contribution is 2.35. The second-order valence-corrected chi connectivity index (χ2v) is 6.70. The van der Waals surface area contributed by atoms with E-state index in [-0.39, 0.29) is 0 Å². The second-order valence-electron chi connectivity index (χ2n) is 6.04. The minimum absolute atomic E-state index is 0.346. The number of thiol groups is 1. The highest BCUT2D eigenvalue weighted by molar-refractivity contribution is 7.81. The lowest BCUT2D eigenvalue weighted by Gasteiger charge is -2.25. The predicted molar refractivity (Wildman–Crippen MR) is 94.2 cm³/mol. The number of nitrogens with one attached hydrogen (secondary N) is 1. The van der Waals surface area contributed by atoms with E-state index in [0.717, 1.165) is 24.0 Å². The van der Waals surface area contributed by atoms with Crippen LogP contribution in [0.1, 0.15) is 47.5 Å². The molecule has 1 aliphatic rings. The van der Waals surface area contributed by atoms with Crippen LogP contribution in [0.5, 0.6) is 0 Å². The van der Waals surface area contributed by atoms with Crippen molar-refractivity contribution in [3.8, 4) is 0 Å². The molecule has 0 saturated carbocycles. The van der Waals surface area contributed by atoms with Crippen LogP contribution in [0.4, 0.5) is 0 Å². The molecule has 0 aromatic rings. The monoisotopic (exact) mass is 291 g/mol. The van der Waals surface area contributed by atoms with Crippen molar-refractivity contribution >= 4 is 12.6 Å². The maximum absolute atomic E-state index is 4.78. The summed E-state index contributed by atoms with van der Waals surface area (Å²) in [5.41, 5.74) is 6.07. The van der Waals surface area contributed by atoms with Gasteiger partial charge in [0.2, 0.25) is 0 Å². The van der Waals surface area contributed by atoms with Gasteiger partial charge in [-0.15, -0.1) is 0 Å². The Balaban J connectivity index is 3.44. The van der Waals surface area contributed by atoms with Crippen LogP contribution in [-0.2, 0) is 0 Å². The molecule has 112 valence electrons. The van der Waals surface area contributed by atoms with Crippen molar-refractivity contribution in [2.24, 2.45) is 5.92 Å². The van der Waals surface area contributed by atoms with Crippen LogP contribution in [0.2, 0.25) is 0 Å². The van der Waals surface area contributed by atoms with E-state index in [1.165, 1.54) is 16.7 Å². The maximum Gasteiger partial charge on any atom is 0.0344 e. The molecule has 1 N–H and O–H groups in total. The van der Waals surface area contributed by atoms with Crippen LogP contribution in [0, 0.1) is 5.92 Å². The highest BCUT2D eigenvalue weighted by Gasteiger charge is 2.24. The summed E-state index contributed by atoms with van der Waals surface area (Å²) in [7, 11) is 0. The molecule has 0 aromatic heterocycles. The van der Waals surface area contributed by atoms with Gasteiger partial charge in [0.1, 0.15) is 0 Å². The number of allylic oxidation sites excluding steroid dienone is 5. The molecule has 1 aliphatic heterocycles. The zero-order chi connectivity index (χ0) is 15.4. The zero-order valence-electron chi connectivity index (χ0n) is 13.6. The van der Waals surface area contributed by atoms with Crippen molar-refractivity contribution in [2.45, 2.75) is 58.8 Å². The third-order valence-electron chi connectivity index (χ3n) is 4.25. The summed E-state index contributed by atoms with van der Waals surface area (Å²) in [6.45, 7) is 19.2. The molecule has 0 radical (unpaired) electrons. The Kier molecular flexibility index (Phi) is 6.19. The van der Waals surface area contributed by atoms with E-state index in [1.807, 2.05) is 0 Å². The molecule has 1 rings (SSSR count). The van der Waals surface area contributed by atoms with Crippen molar-refractivity contribution in [1.82, 2.24) is 5.32 Å². The van der Waals surface area contributed by atoms with Crippen LogP contribution in [-0.4, -0.2) is 11.3 Å². The van der Waals surface area contributed by atoms with Crippen LogP contribution in [0.15, 0.2) is 47.2 Å². The number of rotatable bonds is 3. The molecule has 3 atom stereocenters. The number of hydrogen-bond donors (Lipinski definition) is 2. The van der Waals surface area contributed by atoms with Gasteiger partial charge >= 0.3 is 0 Å². The van der Waals surface area contributed by atoms with Gasteiger partial charge in [-0.25, -0.2) is 0 Å². The average Bonchev–Trinajstić information content (AvgIpc) is 2.41. The van der Waals surface area contributed by atoms with Crippen LogP contribution < -0.4 is 5.32 Å². The highest BCUT2D eigenvalue weighted by atomic mass is 32.1. The molecule has 20 heavy (non-hydrogen) atoms. The van der Waals surface area contributed by atoms with E-state index in [0.29, 0.717) is 17.2 Å². The molecule has 0 saturated heterocycles. The van der Waals surface area contributed by atoms with E-state index in [2.05, 4.69) is 59.3 Å². The summed E-state index contributed by atoms with van der Waals surface area (Å²) in [4.78, 5) is 0. The molecule has 0 aromatic carbocycles. The van der Waals surface area contributed by atoms with E-state index < -0.39 is 0 Å². The quantitative estimate of drug-likeness (QED) is 0.694. The number of hydrogen-bond acceptors (Lipinski definition) is 2. The first kappa shape index (κ1) is 17.2. The van der Waals surface area contributed by atoms with Gasteiger partial charge in [-0.3, -0.25) is 0 Å². The summed E-state index contributed by atoms with van der Waals surface area (Å²) in [6.07, 6.45) is 4.32. The van der Waals surface area contributed by atoms with Gasteiger partial charge in [-0.2, -0.15) is 12.6 Å². The van der Waals surface area contributed by atoms with Gasteiger partial charge in [0.15, 0.2) is 0 Å². The van der Waals surface area contributed by atoms with Crippen molar-refractivity contribution in [3.63, 3.8) is 0 Å². The van der Waals surface area contributed by atoms with Gasteiger partial charge in [0.05, 0.1) is 0 Å². The first-order valence-electron chi connectivity index (χ1n) is 7.46. The summed E-state index contributed by atoms with van der Waals surface area (Å²) in [5, 5.41) is 3.83. The molecule has 0 aliphatic carbocycles. The van der Waals surface area contributed by atoms with Crippen molar-refractivity contribution < 1.29 is 0 Å². The SMILES string of the molecule is C=C(C)C1=C/NC(C)C(S)CC(CC)/C(C)=C\1C(=C)C. The molecule has 1 heterocycles. The summed E-state index contributed by atoms with van der Waals surface area (Å²) in [6, 6.07) is 0.346. The fourth-order valence-electron chi connectivity index (χ4n) is 2.86. The lowest BCUT2D eigenvalue weighted by atomic mass is 9.83. The van der Waals surface area contributed by atoms with Crippen LogP contribution in [0.25, 0.3) is 0 Å². The lowest BCUT2D eigenvalue weighted by Crippen LogP contribution is -2.32. The smallest absolute Gasteiger partial charge is 0.0344 e. The lowest BCUT2D eigenvalue weighted by molar-refractivity contribution is 0.480. The zero-order valence-corrected chi connectivity index (χ0v) is 14.5. The molecular weight excluding hydrogens is 262 g/mol. The Hall–Kier alpha value is -0.890. The molecule has 3 unspecified atom stereocenters. The molecule has 2 heteroatoms. The third kappa shape index (κ3) is 3.82. The van der Waals surface area contributed by atoms with Gasteiger partial charge < -0.3 is 5.32 Å². The first-order chi connectivity index (χ1) is 9.29. The minimum Gasteiger partial charge on any atom is -0.387 e. The minimum atomic E-state index is 0.346. The average molecular weight is 292 g/mol. The molecular formula is C18H29NS. The van der Waals surface area contributed by atoms with Crippen LogP contribution in [0.3, 0.4) is 0 Å². The fourth-order valence-corrected chi connectivity index (χ4v) is 3.20. The Bertz CT molecular complexity index is 456. The normalized spacial score (nSPS) is 34.1. The molecule has 0 fully saturated rings. The van der Waals surface area contributed by atoms with E-state index in [4.69, 9.17) is 12.6 Å². The molecule has 0 bridgehead atoms. The van der Waals surface area contributed by atoms with Crippen molar-refractivity contribution in [1.29, 1.82) is 0 Å².